The lowest BCUT2D eigenvalue weighted by Gasteiger charge is -2.21. The van der Waals surface area contributed by atoms with Crippen molar-refractivity contribution in [3.05, 3.63) is 29.5 Å². The molecule has 8 nitrogen and oxygen atoms in total. The van der Waals surface area contributed by atoms with Gasteiger partial charge < -0.3 is 24.9 Å². The first-order valence-electron chi connectivity index (χ1n) is 8.91. The number of rotatable bonds is 6. The predicted molar refractivity (Wildman–Crippen MR) is 99.1 cm³/mol. The molecule has 1 heterocycles. The SMILES string of the molecule is COc1occ2ccc(C(=N)N)c(C(=O)NCC(=O)OC3CCCCC3)c12. The van der Waals surface area contributed by atoms with Crippen LogP contribution in [0.3, 0.4) is 0 Å². The number of amidine groups is 1. The van der Waals surface area contributed by atoms with Gasteiger partial charge in [-0.2, -0.15) is 0 Å². The van der Waals surface area contributed by atoms with E-state index in [-0.39, 0.29) is 35.6 Å². The van der Waals surface area contributed by atoms with E-state index >= 15 is 0 Å². The number of hydrogen-bond donors (Lipinski definition) is 3. The number of fused-ring (bicyclic) bond motifs is 1. The number of methoxy groups -OCH3 is 1. The maximum Gasteiger partial charge on any atom is 0.325 e. The molecule has 144 valence electrons. The monoisotopic (exact) mass is 373 g/mol. The highest BCUT2D eigenvalue weighted by molar-refractivity contribution is 6.17. The number of amides is 1. The van der Waals surface area contributed by atoms with Gasteiger partial charge in [-0.15, -0.1) is 0 Å². The first-order chi connectivity index (χ1) is 13.0. The molecule has 27 heavy (non-hydrogen) atoms. The van der Waals surface area contributed by atoms with Crippen LogP contribution in [0.2, 0.25) is 0 Å². The van der Waals surface area contributed by atoms with E-state index in [1.165, 1.54) is 13.4 Å². The number of furan rings is 1. The number of nitrogens with one attached hydrogen (secondary N) is 2. The summed E-state index contributed by atoms with van der Waals surface area (Å²) in [5.41, 5.74) is 6.00. The minimum Gasteiger partial charge on any atom is -0.468 e. The summed E-state index contributed by atoms with van der Waals surface area (Å²) in [4.78, 5) is 24.8. The summed E-state index contributed by atoms with van der Waals surface area (Å²) in [6, 6.07) is 3.25. The van der Waals surface area contributed by atoms with E-state index in [1.807, 2.05) is 0 Å². The maximum absolute atomic E-state index is 12.8. The van der Waals surface area contributed by atoms with Gasteiger partial charge in [-0.3, -0.25) is 15.0 Å². The maximum atomic E-state index is 12.8. The topological polar surface area (TPSA) is 128 Å². The fourth-order valence-electron chi connectivity index (χ4n) is 3.37. The second-order valence-electron chi connectivity index (χ2n) is 6.53. The quantitative estimate of drug-likeness (QED) is 0.405. The Hall–Kier alpha value is -3.03. The lowest BCUT2D eigenvalue weighted by atomic mass is 9.98. The first-order valence-corrected chi connectivity index (χ1v) is 8.91. The lowest BCUT2D eigenvalue weighted by molar-refractivity contribution is -0.149. The Bertz CT molecular complexity index is 868. The number of carbonyl (C=O) groups is 2. The van der Waals surface area contributed by atoms with Crippen molar-refractivity contribution in [3.63, 3.8) is 0 Å². The molecule has 0 saturated heterocycles. The van der Waals surface area contributed by atoms with E-state index in [4.69, 9.17) is 25.0 Å². The van der Waals surface area contributed by atoms with Gasteiger partial charge in [-0.1, -0.05) is 12.5 Å². The van der Waals surface area contributed by atoms with E-state index < -0.39 is 11.9 Å². The van der Waals surface area contributed by atoms with Crippen LogP contribution >= 0.6 is 0 Å². The number of nitrogens with two attached hydrogens (primary N) is 1. The predicted octanol–water partition coefficient (Wildman–Crippen LogP) is 2.33. The van der Waals surface area contributed by atoms with Crippen molar-refractivity contribution in [2.45, 2.75) is 38.2 Å². The van der Waals surface area contributed by atoms with Crippen molar-refractivity contribution < 1.29 is 23.5 Å². The molecular formula is C19H23N3O5. The summed E-state index contributed by atoms with van der Waals surface area (Å²) in [5.74, 6) is -1.16. The number of carbonyl (C=O) groups excluding carboxylic acids is 2. The number of benzene rings is 1. The Kier molecular flexibility index (Phi) is 5.63. The Morgan fingerprint density at radius 2 is 2.04 bits per heavy atom. The Balaban J connectivity index is 1.78. The van der Waals surface area contributed by atoms with Crippen molar-refractivity contribution in [2.75, 3.05) is 13.7 Å². The third-order valence-electron chi connectivity index (χ3n) is 4.68. The highest BCUT2D eigenvalue weighted by Gasteiger charge is 2.24. The van der Waals surface area contributed by atoms with E-state index in [2.05, 4.69) is 5.32 Å². The van der Waals surface area contributed by atoms with Crippen molar-refractivity contribution >= 4 is 28.5 Å². The summed E-state index contributed by atoms with van der Waals surface area (Å²) in [7, 11) is 1.42. The number of hydrogen-bond acceptors (Lipinski definition) is 6. The zero-order chi connectivity index (χ0) is 19.4. The van der Waals surface area contributed by atoms with Crippen LogP contribution in [0.1, 0.15) is 48.0 Å². The number of nitrogen functional groups attached to an aromatic ring is 1. The molecule has 1 amide bonds. The first kappa shape index (κ1) is 18.8. The molecule has 1 aliphatic rings. The molecule has 2 aromatic rings. The minimum absolute atomic E-state index is 0.0756. The third-order valence-corrected chi connectivity index (χ3v) is 4.68. The number of esters is 1. The minimum atomic E-state index is -0.550. The number of ether oxygens (including phenoxy) is 2. The molecule has 1 aliphatic carbocycles. The van der Waals surface area contributed by atoms with Crippen molar-refractivity contribution in [1.29, 1.82) is 5.41 Å². The molecule has 3 rings (SSSR count). The van der Waals surface area contributed by atoms with Crippen LogP contribution in [0.25, 0.3) is 10.8 Å². The average Bonchev–Trinajstić information content (AvgIpc) is 3.09. The molecule has 0 aliphatic heterocycles. The summed E-state index contributed by atoms with van der Waals surface area (Å²) in [5, 5.41) is 11.3. The van der Waals surface area contributed by atoms with E-state index in [0.717, 1.165) is 32.1 Å². The molecule has 1 aromatic carbocycles. The molecule has 1 fully saturated rings. The zero-order valence-corrected chi connectivity index (χ0v) is 15.2. The summed E-state index contributed by atoms with van der Waals surface area (Å²) in [6.45, 7) is -0.261. The van der Waals surface area contributed by atoms with Gasteiger partial charge in [0.15, 0.2) is 0 Å². The summed E-state index contributed by atoms with van der Waals surface area (Å²) in [6.07, 6.45) is 6.36. The second kappa shape index (κ2) is 8.11. The normalized spacial score (nSPS) is 14.7. The van der Waals surface area contributed by atoms with Gasteiger partial charge in [-0.25, -0.2) is 0 Å². The zero-order valence-electron chi connectivity index (χ0n) is 15.2. The van der Waals surface area contributed by atoms with Gasteiger partial charge in [0.05, 0.1) is 18.1 Å². The lowest BCUT2D eigenvalue weighted by Crippen LogP contribution is -2.34. The summed E-state index contributed by atoms with van der Waals surface area (Å²) >= 11 is 0. The van der Waals surface area contributed by atoms with Crippen molar-refractivity contribution in [1.82, 2.24) is 5.32 Å². The van der Waals surface area contributed by atoms with Crippen LogP contribution in [0, 0.1) is 5.41 Å². The van der Waals surface area contributed by atoms with Crippen LogP contribution in [-0.4, -0.2) is 37.5 Å². The Morgan fingerprint density at radius 3 is 2.70 bits per heavy atom. The Labute approximate surface area is 156 Å². The highest BCUT2D eigenvalue weighted by Crippen LogP contribution is 2.33. The van der Waals surface area contributed by atoms with Gasteiger partial charge in [-0.05, 0) is 31.7 Å². The van der Waals surface area contributed by atoms with Crippen LogP contribution in [0.4, 0.5) is 0 Å². The van der Waals surface area contributed by atoms with Crippen molar-refractivity contribution in [3.8, 4) is 5.95 Å². The fourth-order valence-corrected chi connectivity index (χ4v) is 3.37. The standard InChI is InChI=1S/C19H23N3O5/c1-25-19-15-11(10-26-19)7-8-13(17(20)21)16(15)18(24)22-9-14(23)27-12-5-3-2-4-6-12/h7-8,10,12H,2-6,9H2,1H3,(H3,20,21)(H,22,24). The van der Waals surface area contributed by atoms with Crippen LogP contribution < -0.4 is 15.8 Å². The molecule has 1 saturated carbocycles. The fraction of sp³-hybridized carbons (Fsp3) is 0.421. The molecule has 0 unspecified atom stereocenters. The van der Waals surface area contributed by atoms with E-state index in [0.29, 0.717) is 10.8 Å². The van der Waals surface area contributed by atoms with Gasteiger partial charge in [0.2, 0.25) is 0 Å². The van der Waals surface area contributed by atoms with Gasteiger partial charge >= 0.3 is 5.97 Å². The van der Waals surface area contributed by atoms with Crippen LogP contribution in [-0.2, 0) is 9.53 Å². The Morgan fingerprint density at radius 1 is 1.30 bits per heavy atom. The van der Waals surface area contributed by atoms with Gasteiger partial charge in [0, 0.05) is 10.9 Å². The molecule has 0 radical (unpaired) electrons. The van der Waals surface area contributed by atoms with Crippen LogP contribution in [0.15, 0.2) is 22.8 Å². The molecule has 0 atom stereocenters. The smallest absolute Gasteiger partial charge is 0.325 e. The highest BCUT2D eigenvalue weighted by atomic mass is 16.6. The average molecular weight is 373 g/mol. The van der Waals surface area contributed by atoms with Crippen LogP contribution in [0.5, 0.6) is 5.95 Å². The molecular weight excluding hydrogens is 350 g/mol. The second-order valence-corrected chi connectivity index (χ2v) is 6.53. The largest absolute Gasteiger partial charge is 0.468 e. The molecule has 0 bridgehead atoms. The molecule has 0 spiro atoms. The van der Waals surface area contributed by atoms with Gasteiger partial charge in [0.25, 0.3) is 11.9 Å². The molecule has 4 N–H and O–H groups in total. The molecule has 1 aromatic heterocycles. The van der Waals surface area contributed by atoms with Gasteiger partial charge in [0.1, 0.15) is 24.7 Å². The van der Waals surface area contributed by atoms with Crippen molar-refractivity contribution in [2.24, 2.45) is 5.73 Å². The van der Waals surface area contributed by atoms with E-state index in [1.54, 1.807) is 12.1 Å². The summed E-state index contributed by atoms with van der Waals surface area (Å²) < 4.78 is 15.9. The molecule has 8 heteroatoms. The third kappa shape index (κ3) is 4.05. The van der Waals surface area contributed by atoms with E-state index in [9.17, 15) is 9.59 Å².